The molecule has 0 fully saturated rings. The van der Waals surface area contributed by atoms with Crippen LogP contribution in [0.15, 0.2) is 48.5 Å². The van der Waals surface area contributed by atoms with Crippen molar-refractivity contribution in [2.24, 2.45) is 0 Å². The molecule has 0 saturated carbocycles. The fraction of sp³-hybridized carbons (Fsp3) is 0.250. The topological polar surface area (TPSA) is 131 Å². The van der Waals surface area contributed by atoms with Gasteiger partial charge >= 0.3 is 0 Å². The maximum Gasteiger partial charge on any atom is 0.269 e. The van der Waals surface area contributed by atoms with Crippen molar-refractivity contribution in [3.63, 3.8) is 0 Å². The van der Waals surface area contributed by atoms with Crippen LogP contribution in [0.2, 0.25) is 0 Å². The minimum absolute atomic E-state index is 0.00500. The number of nitro benzene ring substituents is 1. The van der Waals surface area contributed by atoms with Crippen molar-refractivity contribution in [3.8, 4) is 5.75 Å². The number of rotatable bonds is 9. The Bertz CT molecular complexity index is 912. The number of methoxy groups -OCH3 is 1. The molecule has 3 amide bonds. The second-order valence-electron chi connectivity index (χ2n) is 6.34. The summed E-state index contributed by atoms with van der Waals surface area (Å²) in [6.45, 7) is -0.0692. The van der Waals surface area contributed by atoms with Crippen LogP contribution in [0.25, 0.3) is 0 Å². The number of nitro groups is 1. The molecule has 10 heteroatoms. The summed E-state index contributed by atoms with van der Waals surface area (Å²) in [4.78, 5) is 47.6. The predicted octanol–water partition coefficient (Wildman–Crippen LogP) is 1.82. The Hall–Kier alpha value is -3.95. The molecule has 0 atom stereocenters. The third kappa shape index (κ3) is 6.59. The molecule has 0 heterocycles. The van der Waals surface area contributed by atoms with Gasteiger partial charge in [-0.05, 0) is 36.4 Å². The van der Waals surface area contributed by atoms with E-state index in [4.69, 9.17) is 4.74 Å². The van der Waals surface area contributed by atoms with E-state index >= 15 is 0 Å². The van der Waals surface area contributed by atoms with Gasteiger partial charge in [-0.1, -0.05) is 0 Å². The number of benzene rings is 2. The largest absolute Gasteiger partial charge is 0.497 e. The van der Waals surface area contributed by atoms with E-state index in [1.54, 1.807) is 31.4 Å². The van der Waals surface area contributed by atoms with Crippen LogP contribution in [0, 0.1) is 10.1 Å². The second-order valence-corrected chi connectivity index (χ2v) is 6.34. The van der Waals surface area contributed by atoms with Crippen LogP contribution in [0.5, 0.6) is 5.75 Å². The molecule has 30 heavy (non-hydrogen) atoms. The lowest BCUT2D eigenvalue weighted by Gasteiger charge is -2.17. The molecule has 0 aliphatic rings. The molecule has 0 spiro atoms. The lowest BCUT2D eigenvalue weighted by Crippen LogP contribution is -2.37. The van der Waals surface area contributed by atoms with E-state index < -0.39 is 10.8 Å². The Kier molecular flexibility index (Phi) is 7.86. The minimum atomic E-state index is -0.555. The van der Waals surface area contributed by atoms with Gasteiger partial charge in [0.05, 0.1) is 18.6 Å². The van der Waals surface area contributed by atoms with Gasteiger partial charge in [0.1, 0.15) is 5.75 Å². The van der Waals surface area contributed by atoms with E-state index in [2.05, 4.69) is 10.6 Å². The summed E-state index contributed by atoms with van der Waals surface area (Å²) in [5, 5.41) is 15.9. The molecular formula is C20H22N4O6. The number of carbonyl (C=O) groups is 3. The number of non-ortho nitro benzene ring substituents is 1. The van der Waals surface area contributed by atoms with E-state index in [1.165, 1.54) is 36.2 Å². The van der Waals surface area contributed by atoms with Crippen molar-refractivity contribution < 1.29 is 24.0 Å². The van der Waals surface area contributed by atoms with Gasteiger partial charge in [-0.3, -0.25) is 24.5 Å². The molecule has 0 aromatic heterocycles. The average Bonchev–Trinajstić information content (AvgIpc) is 2.74. The zero-order valence-electron chi connectivity index (χ0n) is 16.6. The highest BCUT2D eigenvalue weighted by atomic mass is 16.6. The van der Waals surface area contributed by atoms with Gasteiger partial charge in [-0.2, -0.15) is 0 Å². The number of hydrogen-bond donors (Lipinski definition) is 2. The molecule has 0 bridgehead atoms. The van der Waals surface area contributed by atoms with E-state index in [0.717, 1.165) is 0 Å². The van der Waals surface area contributed by atoms with Gasteiger partial charge in [0.15, 0.2) is 0 Å². The molecule has 0 unspecified atom stereocenters. The standard InChI is InChI=1S/C20H22N4O6/c1-23(13-18(25)22-15-5-9-17(30-2)10-6-15)19(26)11-12-21-20(27)14-3-7-16(8-4-14)24(28)29/h3-10H,11-13H2,1-2H3,(H,21,27)(H,22,25). The number of nitrogens with one attached hydrogen (secondary N) is 2. The first kappa shape index (κ1) is 22.3. The molecule has 158 valence electrons. The van der Waals surface area contributed by atoms with E-state index in [-0.39, 0.29) is 42.6 Å². The molecule has 2 N–H and O–H groups in total. The Balaban J connectivity index is 1.74. The van der Waals surface area contributed by atoms with Gasteiger partial charge in [0.25, 0.3) is 11.6 Å². The first-order valence-electron chi connectivity index (χ1n) is 9.00. The van der Waals surface area contributed by atoms with Crippen molar-refractivity contribution in [1.29, 1.82) is 0 Å². The smallest absolute Gasteiger partial charge is 0.269 e. The van der Waals surface area contributed by atoms with Crippen LogP contribution >= 0.6 is 0 Å². The maximum atomic E-state index is 12.2. The zero-order chi connectivity index (χ0) is 22.1. The Morgan fingerprint density at radius 1 is 1.07 bits per heavy atom. The van der Waals surface area contributed by atoms with Crippen molar-refractivity contribution >= 4 is 29.1 Å². The minimum Gasteiger partial charge on any atom is -0.497 e. The summed E-state index contributed by atoms with van der Waals surface area (Å²) in [7, 11) is 3.04. The number of ether oxygens (including phenoxy) is 1. The Labute approximate surface area is 173 Å². The third-order valence-electron chi connectivity index (χ3n) is 4.15. The summed E-state index contributed by atoms with van der Waals surface area (Å²) in [6, 6.07) is 11.9. The van der Waals surface area contributed by atoms with Crippen LogP contribution < -0.4 is 15.4 Å². The van der Waals surface area contributed by atoms with Crippen molar-refractivity contribution in [3.05, 3.63) is 64.2 Å². The first-order chi connectivity index (χ1) is 14.3. The molecule has 2 aromatic carbocycles. The normalized spacial score (nSPS) is 10.1. The van der Waals surface area contributed by atoms with Crippen LogP contribution in [0.4, 0.5) is 11.4 Å². The van der Waals surface area contributed by atoms with Gasteiger partial charge in [0, 0.05) is 43.4 Å². The lowest BCUT2D eigenvalue weighted by molar-refractivity contribution is -0.384. The molecular weight excluding hydrogens is 392 g/mol. The van der Waals surface area contributed by atoms with Crippen molar-refractivity contribution in [1.82, 2.24) is 10.2 Å². The maximum absolute atomic E-state index is 12.2. The number of carbonyl (C=O) groups excluding carboxylic acids is 3. The van der Waals surface area contributed by atoms with Crippen LogP contribution in [0.1, 0.15) is 16.8 Å². The van der Waals surface area contributed by atoms with E-state index in [1.807, 2.05) is 0 Å². The molecule has 0 radical (unpaired) electrons. The Morgan fingerprint density at radius 2 is 1.70 bits per heavy atom. The van der Waals surface area contributed by atoms with Gasteiger partial charge in [-0.15, -0.1) is 0 Å². The zero-order valence-corrected chi connectivity index (χ0v) is 16.6. The molecule has 2 rings (SSSR count). The van der Waals surface area contributed by atoms with E-state index in [9.17, 15) is 24.5 Å². The lowest BCUT2D eigenvalue weighted by atomic mass is 10.2. The quantitative estimate of drug-likeness (QED) is 0.475. The first-order valence-corrected chi connectivity index (χ1v) is 9.00. The van der Waals surface area contributed by atoms with Crippen molar-refractivity contribution in [2.75, 3.05) is 32.6 Å². The van der Waals surface area contributed by atoms with Gasteiger partial charge in [-0.25, -0.2) is 0 Å². The SMILES string of the molecule is COc1ccc(NC(=O)CN(C)C(=O)CCNC(=O)c2ccc([N+](=O)[O-])cc2)cc1. The summed E-state index contributed by atoms with van der Waals surface area (Å²) in [5.41, 5.74) is 0.716. The number of likely N-dealkylation sites (N-methyl/N-ethyl adjacent to an activating group) is 1. The average molecular weight is 414 g/mol. The third-order valence-corrected chi connectivity index (χ3v) is 4.15. The highest BCUT2D eigenvalue weighted by molar-refractivity contribution is 5.95. The van der Waals surface area contributed by atoms with Crippen LogP contribution in [-0.4, -0.2) is 54.8 Å². The van der Waals surface area contributed by atoms with E-state index in [0.29, 0.717) is 11.4 Å². The summed E-state index contributed by atoms with van der Waals surface area (Å²) < 4.78 is 5.04. The molecule has 0 saturated heterocycles. The number of hydrogen-bond acceptors (Lipinski definition) is 6. The summed E-state index contributed by atoms with van der Waals surface area (Å²) >= 11 is 0. The van der Waals surface area contributed by atoms with Crippen LogP contribution in [-0.2, 0) is 9.59 Å². The van der Waals surface area contributed by atoms with Gasteiger partial charge in [0.2, 0.25) is 11.8 Å². The highest BCUT2D eigenvalue weighted by Gasteiger charge is 2.14. The Morgan fingerprint density at radius 3 is 2.27 bits per heavy atom. The van der Waals surface area contributed by atoms with Crippen molar-refractivity contribution in [2.45, 2.75) is 6.42 Å². The molecule has 0 aliphatic heterocycles. The number of nitrogens with zero attached hydrogens (tertiary/aromatic N) is 2. The monoisotopic (exact) mass is 414 g/mol. The fourth-order valence-electron chi connectivity index (χ4n) is 2.49. The second kappa shape index (κ2) is 10.6. The van der Waals surface area contributed by atoms with Gasteiger partial charge < -0.3 is 20.3 Å². The molecule has 0 aliphatic carbocycles. The summed E-state index contributed by atoms with van der Waals surface area (Å²) in [6.07, 6.45) is 0.00500. The fourth-order valence-corrected chi connectivity index (χ4v) is 2.49. The highest BCUT2D eigenvalue weighted by Crippen LogP contribution is 2.15. The number of amides is 3. The predicted molar refractivity (Wildman–Crippen MR) is 109 cm³/mol. The molecule has 10 nitrogen and oxygen atoms in total. The molecule has 2 aromatic rings. The summed E-state index contributed by atoms with van der Waals surface area (Å²) in [5.74, 6) is -0.455. The number of anilines is 1. The van der Waals surface area contributed by atoms with Crippen LogP contribution in [0.3, 0.4) is 0 Å².